The lowest BCUT2D eigenvalue weighted by molar-refractivity contribution is -0.137. The van der Waals surface area contributed by atoms with Crippen LogP contribution in [0.2, 0.25) is 0 Å². The maximum atomic E-state index is 12.7. The van der Waals surface area contributed by atoms with E-state index in [0.717, 1.165) is 34.4 Å². The average Bonchev–Trinajstić information content (AvgIpc) is 2.71. The number of anilines is 1. The molecule has 1 heterocycles. The van der Waals surface area contributed by atoms with Gasteiger partial charge in [0.25, 0.3) is 0 Å². The summed E-state index contributed by atoms with van der Waals surface area (Å²) >= 11 is 1.23. The topological polar surface area (TPSA) is 101 Å². The number of fused-ring (bicyclic) bond motifs is 1. The summed E-state index contributed by atoms with van der Waals surface area (Å²) in [5.74, 6) is 0.0573. The maximum absolute atomic E-state index is 12.7. The minimum Gasteiger partial charge on any atom is -0.370 e. The number of halogens is 3. The lowest BCUT2D eigenvalue weighted by Crippen LogP contribution is -2.25. The zero-order valence-corrected chi connectivity index (χ0v) is 16.7. The van der Waals surface area contributed by atoms with Gasteiger partial charge < -0.3 is 21.5 Å². The molecule has 0 atom stereocenters. The molecule has 0 unspecified atom stereocenters. The highest BCUT2D eigenvalue weighted by atomic mass is 32.2. The molecule has 30 heavy (non-hydrogen) atoms. The standard InChI is InChI=1S/C20H21F3N6S/c21-20(22,23)14-5-8-16(9-6-14)30-29-17-3-1-2-13-4-7-15(28-18(13)17)12-26-10-11-27-19(24)25/h1-9,26,29H,10-12H2,(H4,24,25,27). The molecule has 6 N–H and O–H groups in total. The molecule has 6 nitrogen and oxygen atoms in total. The molecule has 0 saturated carbocycles. The zero-order valence-electron chi connectivity index (χ0n) is 15.9. The number of aromatic nitrogens is 1. The van der Waals surface area contributed by atoms with E-state index >= 15 is 0 Å². The summed E-state index contributed by atoms with van der Waals surface area (Å²) in [6.45, 7) is 1.64. The molecule has 0 spiro atoms. The lowest BCUT2D eigenvalue weighted by Gasteiger charge is -2.11. The molecular formula is C20H21F3N6S. The molecule has 3 aromatic rings. The van der Waals surface area contributed by atoms with Gasteiger partial charge in [-0.15, -0.1) is 0 Å². The summed E-state index contributed by atoms with van der Waals surface area (Å²) in [4.78, 5) is 9.26. The second kappa shape index (κ2) is 9.68. The van der Waals surface area contributed by atoms with Crippen LogP contribution in [0.1, 0.15) is 11.3 Å². The van der Waals surface area contributed by atoms with Crippen LogP contribution < -0.4 is 21.5 Å². The number of nitrogens with zero attached hydrogens (tertiary/aromatic N) is 2. The Hall–Kier alpha value is -2.98. The molecule has 0 aliphatic carbocycles. The Kier molecular flexibility index (Phi) is 7.01. The second-order valence-corrected chi connectivity index (χ2v) is 7.27. The van der Waals surface area contributed by atoms with Crippen molar-refractivity contribution in [1.82, 2.24) is 10.3 Å². The summed E-state index contributed by atoms with van der Waals surface area (Å²) < 4.78 is 41.3. The summed E-state index contributed by atoms with van der Waals surface area (Å²) in [5.41, 5.74) is 12.3. The highest BCUT2D eigenvalue weighted by Crippen LogP contribution is 2.32. The zero-order chi connectivity index (χ0) is 21.6. The number of rotatable bonds is 8. The van der Waals surface area contributed by atoms with Crippen LogP contribution in [0.5, 0.6) is 0 Å². The molecule has 0 aliphatic heterocycles. The largest absolute Gasteiger partial charge is 0.416 e. The Balaban J connectivity index is 1.67. The molecule has 0 fully saturated rings. The van der Waals surface area contributed by atoms with Gasteiger partial charge in [0, 0.05) is 23.4 Å². The summed E-state index contributed by atoms with van der Waals surface area (Å²) in [6.07, 6.45) is -4.34. The average molecular weight is 434 g/mol. The first-order valence-corrected chi connectivity index (χ1v) is 9.89. The van der Waals surface area contributed by atoms with Crippen molar-refractivity contribution in [2.24, 2.45) is 16.5 Å². The smallest absolute Gasteiger partial charge is 0.370 e. The Labute approximate surface area is 176 Å². The van der Waals surface area contributed by atoms with E-state index in [2.05, 4.69) is 15.0 Å². The third-order valence-corrected chi connectivity index (χ3v) is 4.96. The van der Waals surface area contributed by atoms with Crippen molar-refractivity contribution in [1.29, 1.82) is 0 Å². The second-order valence-electron chi connectivity index (χ2n) is 6.39. The molecule has 0 aliphatic rings. The first-order chi connectivity index (χ1) is 14.3. The molecule has 0 amide bonds. The van der Waals surface area contributed by atoms with Gasteiger partial charge in [-0.05, 0) is 48.3 Å². The van der Waals surface area contributed by atoms with Gasteiger partial charge in [0.15, 0.2) is 5.96 Å². The monoisotopic (exact) mass is 434 g/mol. The molecule has 2 aromatic carbocycles. The lowest BCUT2D eigenvalue weighted by atomic mass is 10.2. The van der Waals surface area contributed by atoms with Crippen molar-refractivity contribution < 1.29 is 13.2 Å². The number of alkyl halides is 3. The van der Waals surface area contributed by atoms with E-state index in [1.165, 1.54) is 24.1 Å². The highest BCUT2D eigenvalue weighted by molar-refractivity contribution is 8.00. The SMILES string of the molecule is NC(N)=NCCNCc1ccc2cccc(NSc3ccc(C(F)(F)F)cc3)c2n1. The number of guanidine groups is 1. The van der Waals surface area contributed by atoms with Crippen LogP contribution >= 0.6 is 11.9 Å². The molecule has 1 aromatic heterocycles. The van der Waals surface area contributed by atoms with Crippen LogP contribution in [0, 0.1) is 0 Å². The number of nitrogens with two attached hydrogens (primary N) is 2. The van der Waals surface area contributed by atoms with Gasteiger partial charge in [-0.2, -0.15) is 13.2 Å². The van der Waals surface area contributed by atoms with Gasteiger partial charge in [0.05, 0.1) is 29.0 Å². The van der Waals surface area contributed by atoms with E-state index in [1.807, 2.05) is 30.3 Å². The fraction of sp³-hybridized carbons (Fsp3) is 0.200. The number of para-hydroxylation sites is 1. The van der Waals surface area contributed by atoms with Crippen molar-refractivity contribution in [3.8, 4) is 0 Å². The summed E-state index contributed by atoms with van der Waals surface area (Å²) in [6, 6.07) is 14.6. The van der Waals surface area contributed by atoms with Crippen LogP contribution in [0.3, 0.4) is 0 Å². The van der Waals surface area contributed by atoms with Crippen LogP contribution in [0.25, 0.3) is 10.9 Å². The van der Waals surface area contributed by atoms with Gasteiger partial charge in [0.2, 0.25) is 0 Å². The van der Waals surface area contributed by atoms with E-state index < -0.39 is 11.7 Å². The van der Waals surface area contributed by atoms with Gasteiger partial charge in [0.1, 0.15) is 0 Å². The molecule has 158 valence electrons. The summed E-state index contributed by atoms with van der Waals surface area (Å²) in [7, 11) is 0. The van der Waals surface area contributed by atoms with Crippen LogP contribution in [-0.4, -0.2) is 24.0 Å². The highest BCUT2D eigenvalue weighted by Gasteiger charge is 2.29. The first-order valence-electron chi connectivity index (χ1n) is 9.08. The van der Waals surface area contributed by atoms with E-state index in [1.54, 1.807) is 0 Å². The van der Waals surface area contributed by atoms with Crippen molar-refractivity contribution in [3.63, 3.8) is 0 Å². The van der Waals surface area contributed by atoms with Gasteiger partial charge >= 0.3 is 6.18 Å². The molecule has 10 heteroatoms. The van der Waals surface area contributed by atoms with E-state index in [9.17, 15) is 13.2 Å². The molecule has 0 saturated heterocycles. The number of pyridine rings is 1. The maximum Gasteiger partial charge on any atom is 0.416 e. The fourth-order valence-electron chi connectivity index (χ4n) is 2.67. The number of hydrogen-bond donors (Lipinski definition) is 4. The molecule has 0 radical (unpaired) electrons. The van der Waals surface area contributed by atoms with Gasteiger partial charge in [-0.1, -0.05) is 18.2 Å². The molecular weight excluding hydrogens is 413 g/mol. The Morgan fingerprint density at radius 3 is 2.50 bits per heavy atom. The van der Waals surface area contributed by atoms with E-state index in [0.29, 0.717) is 24.5 Å². The van der Waals surface area contributed by atoms with Gasteiger partial charge in [-0.25, -0.2) is 4.98 Å². The Bertz CT molecular complexity index is 1020. The Morgan fingerprint density at radius 2 is 1.80 bits per heavy atom. The predicted molar refractivity (Wildman–Crippen MR) is 115 cm³/mol. The number of benzene rings is 2. The van der Waals surface area contributed by atoms with Crippen LogP contribution in [0.15, 0.2) is 64.5 Å². The number of hydrogen-bond acceptors (Lipinski definition) is 5. The number of aliphatic imine (C=N–C) groups is 1. The summed E-state index contributed by atoms with van der Waals surface area (Å²) in [5, 5.41) is 4.17. The van der Waals surface area contributed by atoms with E-state index in [-0.39, 0.29) is 5.96 Å². The van der Waals surface area contributed by atoms with E-state index in [4.69, 9.17) is 16.5 Å². The van der Waals surface area contributed by atoms with Crippen LogP contribution in [0.4, 0.5) is 18.9 Å². The normalized spacial score (nSPS) is 11.4. The van der Waals surface area contributed by atoms with Crippen molar-refractivity contribution >= 4 is 34.5 Å². The van der Waals surface area contributed by atoms with Gasteiger partial charge in [-0.3, -0.25) is 4.99 Å². The minimum atomic E-state index is -4.34. The minimum absolute atomic E-state index is 0.0573. The molecule has 3 rings (SSSR count). The third kappa shape index (κ3) is 6.01. The third-order valence-electron chi connectivity index (χ3n) is 4.13. The predicted octanol–water partition coefficient (Wildman–Crippen LogP) is 3.74. The van der Waals surface area contributed by atoms with Crippen molar-refractivity contribution in [2.45, 2.75) is 17.6 Å². The van der Waals surface area contributed by atoms with Crippen molar-refractivity contribution in [2.75, 3.05) is 17.8 Å². The quantitative estimate of drug-likeness (QED) is 0.187. The first kappa shape index (κ1) is 21.7. The number of nitrogens with one attached hydrogen (secondary N) is 2. The van der Waals surface area contributed by atoms with Crippen molar-refractivity contribution in [3.05, 3.63) is 65.9 Å². The Morgan fingerprint density at radius 1 is 1.03 bits per heavy atom. The van der Waals surface area contributed by atoms with Crippen LogP contribution in [-0.2, 0) is 12.7 Å². The fourth-order valence-corrected chi connectivity index (χ4v) is 3.34. The molecule has 0 bridgehead atoms.